The van der Waals surface area contributed by atoms with Gasteiger partial charge < -0.3 is 10.4 Å². The van der Waals surface area contributed by atoms with E-state index >= 15 is 0 Å². The summed E-state index contributed by atoms with van der Waals surface area (Å²) in [6.07, 6.45) is 0. The standard InChI is InChI=1S/C14H18IN5O.BrH/c15-13-3-1-12(2-4-13)14(16-21)5-20-9-17-6-18(10-20)8-19(7-17)11-20;/h1-4H,5-11H2;1H/b16-14-;. The predicted molar refractivity (Wildman–Crippen MR) is 99.2 cm³/mol. The van der Waals surface area contributed by atoms with Gasteiger partial charge in [0.05, 0.1) is 25.7 Å². The molecule has 0 unspecified atom stereocenters. The minimum absolute atomic E-state index is 0. The molecule has 4 aliphatic rings. The Labute approximate surface area is 154 Å². The van der Waals surface area contributed by atoms with Crippen LogP contribution in [0.4, 0.5) is 0 Å². The Balaban J connectivity index is 0.00000144. The molecule has 6 nitrogen and oxygen atoms in total. The Morgan fingerprint density at radius 3 is 2.00 bits per heavy atom. The maximum atomic E-state index is 11.4. The summed E-state index contributed by atoms with van der Waals surface area (Å²) in [6.45, 7) is 6.97. The number of halogens is 2. The van der Waals surface area contributed by atoms with Gasteiger partial charge in [-0.2, -0.15) is 0 Å². The second kappa shape index (κ2) is 6.33. The summed E-state index contributed by atoms with van der Waals surface area (Å²) >= 11 is 2.28. The number of hydrogen-bond acceptors (Lipinski definition) is 5. The molecule has 8 heteroatoms. The predicted octanol–water partition coefficient (Wildman–Crippen LogP) is 1.66. The van der Waals surface area contributed by atoms with E-state index in [0.717, 1.165) is 50.1 Å². The molecule has 4 aliphatic heterocycles. The molecule has 22 heavy (non-hydrogen) atoms. The summed E-state index contributed by atoms with van der Waals surface area (Å²) in [7, 11) is 0. The molecular weight excluding hydrogens is 461 g/mol. The zero-order valence-electron chi connectivity index (χ0n) is 12.2. The molecule has 4 heterocycles. The molecule has 0 aromatic heterocycles. The minimum atomic E-state index is 0. The van der Waals surface area contributed by atoms with Gasteiger partial charge in [0.1, 0.15) is 26.6 Å². The van der Waals surface area contributed by atoms with E-state index in [1.165, 1.54) is 3.57 Å². The van der Waals surface area contributed by atoms with Crippen molar-refractivity contribution in [2.45, 2.75) is 0 Å². The van der Waals surface area contributed by atoms with Crippen molar-refractivity contribution in [1.29, 1.82) is 0 Å². The van der Waals surface area contributed by atoms with Crippen LogP contribution >= 0.6 is 39.6 Å². The SMILES string of the molecule is Br.[O-]/N=C(/C[N+]12CN3CN(CN(C3)C1)C2)c1ccc(I)cc1. The number of hydrogen-bond donors (Lipinski definition) is 0. The summed E-state index contributed by atoms with van der Waals surface area (Å²) < 4.78 is 2.08. The summed E-state index contributed by atoms with van der Waals surface area (Å²) in [5.74, 6) is 0. The Morgan fingerprint density at radius 1 is 1.05 bits per heavy atom. The van der Waals surface area contributed by atoms with E-state index in [2.05, 4.69) is 42.4 Å². The highest BCUT2D eigenvalue weighted by Gasteiger charge is 2.48. The van der Waals surface area contributed by atoms with Gasteiger partial charge in [0, 0.05) is 9.13 Å². The lowest BCUT2D eigenvalue weighted by molar-refractivity contribution is -0.972. The number of rotatable bonds is 3. The van der Waals surface area contributed by atoms with Gasteiger partial charge >= 0.3 is 0 Å². The highest BCUT2D eigenvalue weighted by molar-refractivity contribution is 14.1. The van der Waals surface area contributed by atoms with E-state index in [1.807, 2.05) is 24.3 Å². The average molecular weight is 480 g/mol. The normalized spacial score (nSPS) is 36.2. The van der Waals surface area contributed by atoms with Crippen LogP contribution in [0.25, 0.3) is 0 Å². The Hall–Kier alpha value is -0.260. The van der Waals surface area contributed by atoms with Crippen LogP contribution in [-0.4, -0.2) is 71.5 Å². The van der Waals surface area contributed by atoms with Crippen LogP contribution in [0.1, 0.15) is 5.56 Å². The van der Waals surface area contributed by atoms with Gasteiger partial charge in [0.25, 0.3) is 0 Å². The van der Waals surface area contributed by atoms with Crippen molar-refractivity contribution >= 4 is 45.3 Å². The molecular formula is C14H19BrIN5O. The molecule has 0 atom stereocenters. The zero-order valence-corrected chi connectivity index (χ0v) is 16.1. The summed E-state index contributed by atoms with van der Waals surface area (Å²) in [6, 6.07) is 8.07. The third kappa shape index (κ3) is 3.04. The fourth-order valence-electron chi connectivity index (χ4n) is 3.94. The van der Waals surface area contributed by atoms with Crippen LogP contribution in [0, 0.1) is 8.78 Å². The van der Waals surface area contributed by atoms with Crippen molar-refractivity contribution in [3.63, 3.8) is 0 Å². The molecule has 1 aromatic rings. The van der Waals surface area contributed by atoms with E-state index in [0.29, 0.717) is 12.3 Å². The zero-order chi connectivity index (χ0) is 14.4. The van der Waals surface area contributed by atoms with Crippen LogP contribution in [-0.2, 0) is 0 Å². The summed E-state index contributed by atoms with van der Waals surface area (Å²) in [5, 5.41) is 14.7. The molecule has 4 bridgehead atoms. The highest BCUT2D eigenvalue weighted by atomic mass is 127. The van der Waals surface area contributed by atoms with Gasteiger partial charge in [-0.15, -0.1) is 17.0 Å². The molecule has 0 saturated carbocycles. The first-order chi connectivity index (χ1) is 10.2. The maximum Gasteiger partial charge on any atom is 0.139 e. The summed E-state index contributed by atoms with van der Waals surface area (Å²) in [4.78, 5) is 7.35. The van der Waals surface area contributed by atoms with E-state index < -0.39 is 0 Å². The van der Waals surface area contributed by atoms with Crippen LogP contribution in [0.2, 0.25) is 0 Å². The van der Waals surface area contributed by atoms with Gasteiger partial charge in [-0.3, -0.25) is 4.48 Å². The van der Waals surface area contributed by atoms with E-state index in [1.54, 1.807) is 0 Å². The van der Waals surface area contributed by atoms with Crippen molar-refractivity contribution in [2.24, 2.45) is 5.16 Å². The van der Waals surface area contributed by atoms with Crippen LogP contribution in [0.3, 0.4) is 0 Å². The van der Waals surface area contributed by atoms with E-state index in [-0.39, 0.29) is 17.0 Å². The van der Waals surface area contributed by atoms with E-state index in [4.69, 9.17) is 0 Å². The Bertz CT molecular complexity index is 544. The van der Waals surface area contributed by atoms with Crippen molar-refractivity contribution in [1.82, 2.24) is 14.7 Å². The van der Waals surface area contributed by atoms with Gasteiger partial charge in [-0.25, -0.2) is 14.7 Å². The van der Waals surface area contributed by atoms with Crippen molar-refractivity contribution in [2.75, 3.05) is 46.6 Å². The number of nitrogens with zero attached hydrogens (tertiary/aromatic N) is 5. The first-order valence-electron chi connectivity index (χ1n) is 7.13. The average Bonchev–Trinajstić information content (AvgIpc) is 2.44. The molecule has 4 saturated heterocycles. The van der Waals surface area contributed by atoms with Gasteiger partial charge in [0.2, 0.25) is 0 Å². The summed E-state index contributed by atoms with van der Waals surface area (Å²) in [5.41, 5.74) is 1.64. The fourth-order valence-corrected chi connectivity index (χ4v) is 4.30. The first-order valence-corrected chi connectivity index (χ1v) is 8.21. The maximum absolute atomic E-state index is 11.4. The Kier molecular flexibility index (Phi) is 4.77. The highest BCUT2D eigenvalue weighted by Crippen LogP contribution is 2.29. The van der Waals surface area contributed by atoms with Crippen LogP contribution < -0.4 is 0 Å². The number of quaternary nitrogens is 1. The first kappa shape index (κ1) is 16.6. The van der Waals surface area contributed by atoms with Crippen molar-refractivity contribution in [3.8, 4) is 0 Å². The van der Waals surface area contributed by atoms with Crippen molar-refractivity contribution < 1.29 is 4.48 Å². The molecule has 4 fully saturated rings. The third-order valence-corrected chi connectivity index (χ3v) is 5.19. The smallest absolute Gasteiger partial charge is 0.139 e. The van der Waals surface area contributed by atoms with Gasteiger partial charge in [0.15, 0.2) is 0 Å². The fraction of sp³-hybridized carbons (Fsp3) is 0.500. The molecule has 120 valence electrons. The largest absolute Gasteiger partial charge is 0.792 e. The lowest BCUT2D eigenvalue weighted by Gasteiger charge is -2.60. The van der Waals surface area contributed by atoms with Crippen molar-refractivity contribution in [3.05, 3.63) is 38.6 Å². The Morgan fingerprint density at radius 2 is 1.55 bits per heavy atom. The lowest BCUT2D eigenvalue weighted by atomic mass is 10.1. The quantitative estimate of drug-likeness (QED) is 0.286. The molecule has 0 aliphatic carbocycles. The third-order valence-electron chi connectivity index (χ3n) is 4.47. The molecule has 0 spiro atoms. The van der Waals surface area contributed by atoms with E-state index in [9.17, 15) is 5.21 Å². The lowest BCUT2D eigenvalue weighted by Crippen LogP contribution is -2.79. The molecule has 5 rings (SSSR count). The number of benzene rings is 1. The second-order valence-electron chi connectivity index (χ2n) is 6.41. The minimum Gasteiger partial charge on any atom is -0.792 e. The van der Waals surface area contributed by atoms with Crippen LogP contribution in [0.15, 0.2) is 29.4 Å². The topological polar surface area (TPSA) is 45.1 Å². The second-order valence-corrected chi connectivity index (χ2v) is 7.65. The molecule has 0 N–H and O–H groups in total. The van der Waals surface area contributed by atoms with Gasteiger partial charge in [-0.05, 0) is 34.7 Å². The molecule has 0 radical (unpaired) electrons. The van der Waals surface area contributed by atoms with Gasteiger partial charge in [-0.1, -0.05) is 12.1 Å². The molecule has 1 aromatic carbocycles. The monoisotopic (exact) mass is 479 g/mol. The molecule has 0 amide bonds. The van der Waals surface area contributed by atoms with Crippen LogP contribution in [0.5, 0.6) is 0 Å².